The summed E-state index contributed by atoms with van der Waals surface area (Å²) in [6.07, 6.45) is -1.89. The summed E-state index contributed by atoms with van der Waals surface area (Å²) in [6.45, 7) is 0.0502. The maximum absolute atomic E-state index is 12.5. The van der Waals surface area contributed by atoms with Crippen molar-refractivity contribution in [2.45, 2.75) is 38.1 Å². The summed E-state index contributed by atoms with van der Waals surface area (Å²) in [6, 6.07) is 7.25. The average molecular weight is 365 g/mol. The van der Waals surface area contributed by atoms with Crippen LogP contribution in [0.25, 0.3) is 0 Å². The number of carbonyl (C=O) groups is 1. The van der Waals surface area contributed by atoms with E-state index < -0.39 is 24.0 Å². The van der Waals surface area contributed by atoms with Crippen molar-refractivity contribution in [2.24, 2.45) is 0 Å². The van der Waals surface area contributed by atoms with Gasteiger partial charge in [0.05, 0.1) is 6.10 Å². The van der Waals surface area contributed by atoms with Crippen LogP contribution in [0.4, 0.5) is 23.7 Å². The minimum atomic E-state index is -4.49. The minimum absolute atomic E-state index is 0.0502. The molecule has 2 aromatic rings. The van der Waals surface area contributed by atoms with Crippen LogP contribution in [0.5, 0.6) is 0 Å². The predicted octanol–water partition coefficient (Wildman–Crippen LogP) is 3.27. The summed E-state index contributed by atoms with van der Waals surface area (Å²) < 4.78 is 37.4. The van der Waals surface area contributed by atoms with E-state index in [1.165, 1.54) is 6.07 Å². The fraction of sp³-hybridized carbons (Fsp3) is 0.333. The van der Waals surface area contributed by atoms with Crippen molar-refractivity contribution in [3.8, 4) is 0 Å². The van der Waals surface area contributed by atoms with E-state index in [0.29, 0.717) is 24.1 Å². The van der Waals surface area contributed by atoms with Crippen LogP contribution >= 0.6 is 0 Å². The second-order valence-electron chi connectivity index (χ2n) is 6.20. The summed E-state index contributed by atoms with van der Waals surface area (Å²) in [5, 5.41) is 15.2. The number of benzene rings is 1. The second-order valence-corrected chi connectivity index (χ2v) is 6.20. The zero-order valence-corrected chi connectivity index (χ0v) is 13.8. The van der Waals surface area contributed by atoms with Crippen LogP contribution in [0, 0.1) is 0 Å². The SMILES string of the molecule is O=C(NCc1ccc(C(F)(F)F)nc1)Nc1cccc2c1CC(O)CC2. The third-order valence-electron chi connectivity index (χ3n) is 4.28. The summed E-state index contributed by atoms with van der Waals surface area (Å²) in [7, 11) is 0. The highest BCUT2D eigenvalue weighted by molar-refractivity contribution is 5.90. The molecule has 1 aliphatic rings. The average Bonchev–Trinajstić information content (AvgIpc) is 2.60. The van der Waals surface area contributed by atoms with Crippen LogP contribution in [0.2, 0.25) is 0 Å². The third-order valence-corrected chi connectivity index (χ3v) is 4.28. The molecule has 1 aromatic heterocycles. The lowest BCUT2D eigenvalue weighted by Gasteiger charge is -2.23. The Morgan fingerprint density at radius 3 is 2.77 bits per heavy atom. The van der Waals surface area contributed by atoms with E-state index in [1.807, 2.05) is 12.1 Å². The van der Waals surface area contributed by atoms with Crippen LogP contribution in [-0.4, -0.2) is 22.2 Å². The number of halogens is 3. The largest absolute Gasteiger partial charge is 0.433 e. The lowest BCUT2D eigenvalue weighted by Crippen LogP contribution is -2.29. The van der Waals surface area contributed by atoms with Crippen molar-refractivity contribution in [3.63, 3.8) is 0 Å². The summed E-state index contributed by atoms with van der Waals surface area (Å²) in [5.41, 5.74) is 2.13. The first-order chi connectivity index (χ1) is 12.3. The van der Waals surface area contributed by atoms with Gasteiger partial charge in [-0.2, -0.15) is 13.2 Å². The molecule has 0 radical (unpaired) electrons. The number of aromatic nitrogens is 1. The highest BCUT2D eigenvalue weighted by atomic mass is 19.4. The molecule has 1 aliphatic carbocycles. The first-order valence-corrected chi connectivity index (χ1v) is 8.19. The van der Waals surface area contributed by atoms with Gasteiger partial charge in [0.25, 0.3) is 0 Å². The highest BCUT2D eigenvalue weighted by Crippen LogP contribution is 2.28. The number of hydrogen-bond acceptors (Lipinski definition) is 3. The van der Waals surface area contributed by atoms with E-state index in [-0.39, 0.29) is 6.54 Å². The highest BCUT2D eigenvalue weighted by Gasteiger charge is 2.32. The van der Waals surface area contributed by atoms with Crippen LogP contribution in [0.1, 0.15) is 28.8 Å². The van der Waals surface area contributed by atoms with Gasteiger partial charge >= 0.3 is 12.2 Å². The molecule has 3 N–H and O–H groups in total. The number of aliphatic hydroxyl groups excluding tert-OH is 1. The van der Waals surface area contributed by atoms with E-state index in [9.17, 15) is 23.1 Å². The van der Waals surface area contributed by atoms with E-state index in [0.717, 1.165) is 29.8 Å². The van der Waals surface area contributed by atoms with Crippen LogP contribution in [-0.2, 0) is 25.6 Å². The number of nitrogens with zero attached hydrogens (tertiary/aromatic N) is 1. The molecule has 138 valence electrons. The van der Waals surface area contributed by atoms with Gasteiger partial charge in [-0.3, -0.25) is 4.98 Å². The fourth-order valence-electron chi connectivity index (χ4n) is 2.93. The Bertz CT molecular complexity index is 791. The van der Waals surface area contributed by atoms with E-state index in [4.69, 9.17) is 0 Å². The van der Waals surface area contributed by atoms with Gasteiger partial charge < -0.3 is 15.7 Å². The van der Waals surface area contributed by atoms with Gasteiger partial charge in [0.1, 0.15) is 5.69 Å². The quantitative estimate of drug-likeness (QED) is 0.782. The molecule has 1 aromatic carbocycles. The Labute approximate surface area is 148 Å². The maximum Gasteiger partial charge on any atom is 0.433 e. The molecule has 0 aliphatic heterocycles. The molecule has 0 saturated carbocycles. The number of carbonyl (C=O) groups excluding carboxylic acids is 1. The minimum Gasteiger partial charge on any atom is -0.393 e. The van der Waals surface area contributed by atoms with Gasteiger partial charge in [0, 0.05) is 24.8 Å². The summed E-state index contributed by atoms with van der Waals surface area (Å²) >= 11 is 0. The van der Waals surface area contributed by atoms with Crippen LogP contribution in [0.3, 0.4) is 0 Å². The third kappa shape index (κ3) is 4.32. The zero-order valence-electron chi connectivity index (χ0n) is 13.8. The molecule has 2 amide bonds. The van der Waals surface area contributed by atoms with Crippen molar-refractivity contribution in [1.82, 2.24) is 10.3 Å². The van der Waals surface area contributed by atoms with Crippen molar-refractivity contribution in [2.75, 3.05) is 5.32 Å². The van der Waals surface area contributed by atoms with Crippen LogP contribution < -0.4 is 10.6 Å². The number of aliphatic hydroxyl groups is 1. The number of urea groups is 1. The molecule has 0 saturated heterocycles. The molecule has 0 fully saturated rings. The van der Waals surface area contributed by atoms with Gasteiger partial charge in [-0.25, -0.2) is 4.79 Å². The molecule has 26 heavy (non-hydrogen) atoms. The number of hydrogen-bond donors (Lipinski definition) is 3. The van der Waals surface area contributed by atoms with Gasteiger partial charge in [0.15, 0.2) is 0 Å². The van der Waals surface area contributed by atoms with E-state index in [1.54, 1.807) is 6.07 Å². The molecule has 1 atom stereocenters. The Morgan fingerprint density at radius 1 is 1.27 bits per heavy atom. The number of aryl methyl sites for hydroxylation is 1. The molecule has 1 heterocycles. The normalized spacial score (nSPS) is 16.7. The lowest BCUT2D eigenvalue weighted by atomic mass is 9.88. The standard InChI is InChI=1S/C18H18F3N3O2/c19-18(20,21)16-7-4-11(9-22-16)10-23-17(26)24-15-3-1-2-12-5-6-13(25)8-14(12)15/h1-4,7,9,13,25H,5-6,8,10H2,(H2,23,24,26). The lowest BCUT2D eigenvalue weighted by molar-refractivity contribution is -0.141. The number of rotatable bonds is 3. The number of alkyl halides is 3. The zero-order chi connectivity index (χ0) is 18.7. The van der Waals surface area contributed by atoms with Gasteiger partial charge in [-0.05, 0) is 41.7 Å². The Balaban J connectivity index is 1.60. The molecule has 0 bridgehead atoms. The second kappa shape index (κ2) is 7.33. The van der Waals surface area contributed by atoms with E-state index in [2.05, 4.69) is 15.6 Å². The smallest absolute Gasteiger partial charge is 0.393 e. The van der Waals surface area contributed by atoms with Crippen molar-refractivity contribution >= 4 is 11.7 Å². The Morgan fingerprint density at radius 2 is 2.08 bits per heavy atom. The van der Waals surface area contributed by atoms with Crippen molar-refractivity contribution in [3.05, 3.63) is 58.9 Å². The van der Waals surface area contributed by atoms with Gasteiger partial charge in [-0.15, -0.1) is 0 Å². The van der Waals surface area contributed by atoms with E-state index >= 15 is 0 Å². The van der Waals surface area contributed by atoms with Gasteiger partial charge in [0.2, 0.25) is 0 Å². The number of amides is 2. The van der Waals surface area contributed by atoms with Gasteiger partial charge in [-0.1, -0.05) is 18.2 Å². The topological polar surface area (TPSA) is 74.2 Å². The molecule has 1 unspecified atom stereocenters. The van der Waals surface area contributed by atoms with Crippen LogP contribution in [0.15, 0.2) is 36.5 Å². The number of pyridine rings is 1. The molecular formula is C18H18F3N3O2. The molecular weight excluding hydrogens is 347 g/mol. The molecule has 8 heteroatoms. The number of fused-ring (bicyclic) bond motifs is 1. The maximum atomic E-state index is 12.5. The molecule has 3 rings (SSSR count). The first-order valence-electron chi connectivity index (χ1n) is 8.19. The summed E-state index contributed by atoms with van der Waals surface area (Å²) in [5.74, 6) is 0. The molecule has 0 spiro atoms. The monoisotopic (exact) mass is 365 g/mol. The van der Waals surface area contributed by atoms with Crippen molar-refractivity contribution < 1.29 is 23.1 Å². The molecule has 5 nitrogen and oxygen atoms in total. The number of anilines is 1. The predicted molar refractivity (Wildman–Crippen MR) is 89.6 cm³/mol. The van der Waals surface area contributed by atoms with Crippen molar-refractivity contribution in [1.29, 1.82) is 0 Å². The number of nitrogens with one attached hydrogen (secondary N) is 2. The first kappa shape index (κ1) is 18.2. The Kier molecular flexibility index (Phi) is 5.13. The Hall–Kier alpha value is -2.61. The summed E-state index contributed by atoms with van der Waals surface area (Å²) in [4.78, 5) is 15.4. The fourth-order valence-corrected chi connectivity index (χ4v) is 2.93.